The Kier molecular flexibility index (Phi) is 8.93. The van der Waals surface area contributed by atoms with E-state index in [4.69, 9.17) is 9.47 Å². The highest BCUT2D eigenvalue weighted by Gasteiger charge is 2.48. The molecule has 3 heterocycles. The van der Waals surface area contributed by atoms with Crippen molar-refractivity contribution < 1.29 is 29.3 Å². The van der Waals surface area contributed by atoms with Gasteiger partial charge in [-0.3, -0.25) is 4.90 Å². The second kappa shape index (κ2) is 10.8. The Hall–Kier alpha value is 0.120. The van der Waals surface area contributed by atoms with Gasteiger partial charge in [0, 0.05) is 36.2 Å². The van der Waals surface area contributed by atoms with Gasteiger partial charge in [0.1, 0.15) is 34.6 Å². The predicted octanol–water partition coefficient (Wildman–Crippen LogP) is -0.00160. The lowest BCUT2D eigenvalue weighted by Crippen LogP contribution is -2.63. The zero-order chi connectivity index (χ0) is 21.9. The normalized spacial score (nSPS) is 41.2. The molecule has 3 aliphatic heterocycles. The first-order valence-electron chi connectivity index (χ1n) is 10.6. The van der Waals surface area contributed by atoms with E-state index in [-0.39, 0.29) is 5.25 Å². The molecule has 4 N–H and O–H groups in total. The second-order valence-electron chi connectivity index (χ2n) is 9.16. The van der Waals surface area contributed by atoms with Crippen LogP contribution in [-0.2, 0) is 20.8 Å². The van der Waals surface area contributed by atoms with E-state index >= 15 is 0 Å². The van der Waals surface area contributed by atoms with Crippen LogP contribution in [0, 0.1) is 0 Å². The van der Waals surface area contributed by atoms with Crippen molar-refractivity contribution in [2.75, 3.05) is 32.8 Å². The molecule has 0 radical (unpaired) electrons. The fraction of sp³-hybridized carbons (Fsp3) is 0.900. The maximum Gasteiger partial charge on any atom is 0.136 e. The molecule has 8 atom stereocenters. The van der Waals surface area contributed by atoms with E-state index in [0.29, 0.717) is 6.42 Å². The van der Waals surface area contributed by atoms with Gasteiger partial charge in [0.2, 0.25) is 0 Å². The predicted molar refractivity (Wildman–Crippen MR) is 119 cm³/mol. The van der Waals surface area contributed by atoms with Crippen LogP contribution in [0.3, 0.4) is 0 Å². The second-order valence-corrected chi connectivity index (χ2v) is 12.6. The van der Waals surface area contributed by atoms with Gasteiger partial charge in [0.05, 0.1) is 19.3 Å². The smallest absolute Gasteiger partial charge is 0.136 e. The molecular formula is C20H36N2O6S2. The van der Waals surface area contributed by atoms with Crippen LogP contribution < -0.4 is 4.72 Å². The summed E-state index contributed by atoms with van der Waals surface area (Å²) in [5, 5.41) is 31.9. The van der Waals surface area contributed by atoms with Gasteiger partial charge in [0.15, 0.2) is 0 Å². The van der Waals surface area contributed by atoms with Crippen molar-refractivity contribution in [3.63, 3.8) is 0 Å². The molecule has 3 aliphatic rings. The monoisotopic (exact) mass is 464 g/mol. The number of aliphatic hydroxyl groups is 3. The molecule has 174 valence electrons. The van der Waals surface area contributed by atoms with Crippen molar-refractivity contribution in [1.29, 1.82) is 0 Å². The van der Waals surface area contributed by atoms with Gasteiger partial charge in [-0.25, -0.2) is 0 Å². The molecule has 8 nitrogen and oxygen atoms in total. The zero-order valence-electron chi connectivity index (χ0n) is 18.0. The summed E-state index contributed by atoms with van der Waals surface area (Å²) in [5.41, 5.74) is -0.668. The van der Waals surface area contributed by atoms with E-state index in [0.717, 1.165) is 39.3 Å². The number of fused-ring (bicyclic) bond motifs is 2. The average molecular weight is 465 g/mol. The summed E-state index contributed by atoms with van der Waals surface area (Å²) in [7, 11) is 0. The Morgan fingerprint density at radius 1 is 1.10 bits per heavy atom. The molecule has 2 saturated heterocycles. The molecule has 2 fully saturated rings. The largest absolute Gasteiger partial charge is 0.598 e. The Balaban J connectivity index is 1.76. The van der Waals surface area contributed by atoms with Crippen LogP contribution in [0.25, 0.3) is 0 Å². The van der Waals surface area contributed by atoms with Crippen molar-refractivity contribution >= 4 is 23.1 Å². The number of hydrogen-bond acceptors (Lipinski definition) is 9. The highest BCUT2D eigenvalue weighted by molar-refractivity contribution is 8.00. The molecule has 0 aromatic rings. The fourth-order valence-corrected chi connectivity index (χ4v) is 6.08. The van der Waals surface area contributed by atoms with Gasteiger partial charge in [-0.15, -0.1) is 16.5 Å². The third-order valence-corrected chi connectivity index (χ3v) is 8.68. The fourth-order valence-electron chi connectivity index (χ4n) is 3.81. The zero-order valence-corrected chi connectivity index (χ0v) is 19.6. The SMILES string of the molecule is CC(C)(C)[S+]([O-])N[C@@H]1C/C=C\C[C@@H](CN2CCOCC2)S[C@H]2O[C@H]1[C@H](O)[C@H](O)[C@H]2O. The highest BCUT2D eigenvalue weighted by Crippen LogP contribution is 2.35. The van der Waals surface area contributed by atoms with Gasteiger partial charge in [-0.2, -0.15) is 0 Å². The lowest BCUT2D eigenvalue weighted by Gasteiger charge is -2.45. The minimum atomic E-state index is -1.36. The van der Waals surface area contributed by atoms with Crippen LogP contribution in [0.5, 0.6) is 0 Å². The third kappa shape index (κ3) is 6.34. The molecule has 10 heteroatoms. The quantitative estimate of drug-likeness (QED) is 0.337. The number of allylic oxidation sites excluding steroid dienone is 1. The Morgan fingerprint density at radius 3 is 2.43 bits per heavy atom. The topological polar surface area (TPSA) is 117 Å². The summed E-state index contributed by atoms with van der Waals surface area (Å²) in [5.74, 6) is 0. The number of morpholine rings is 1. The van der Waals surface area contributed by atoms with E-state index in [1.54, 1.807) is 0 Å². The van der Waals surface area contributed by atoms with Crippen LogP contribution in [0.2, 0.25) is 0 Å². The number of aliphatic hydroxyl groups excluding tert-OH is 3. The van der Waals surface area contributed by atoms with Crippen LogP contribution in [0.15, 0.2) is 12.2 Å². The maximum atomic E-state index is 12.7. The van der Waals surface area contributed by atoms with Gasteiger partial charge >= 0.3 is 0 Å². The molecule has 30 heavy (non-hydrogen) atoms. The molecule has 0 amide bonds. The van der Waals surface area contributed by atoms with E-state index < -0.39 is 52.0 Å². The number of thioether (sulfide) groups is 1. The summed E-state index contributed by atoms with van der Waals surface area (Å²) in [6.07, 6.45) is 0.893. The Bertz CT molecular complexity index is 572. The van der Waals surface area contributed by atoms with E-state index in [2.05, 4.69) is 15.7 Å². The lowest BCUT2D eigenvalue weighted by atomic mass is 9.93. The first-order chi connectivity index (χ1) is 14.2. The summed E-state index contributed by atoms with van der Waals surface area (Å²) >= 11 is 0.137. The summed E-state index contributed by atoms with van der Waals surface area (Å²) < 4.78 is 26.8. The first kappa shape index (κ1) is 24.8. The molecule has 0 aromatic heterocycles. The third-order valence-electron chi connectivity index (χ3n) is 5.67. The van der Waals surface area contributed by atoms with Gasteiger partial charge < -0.3 is 29.3 Å². The van der Waals surface area contributed by atoms with Gasteiger partial charge in [0.25, 0.3) is 0 Å². The minimum Gasteiger partial charge on any atom is -0.598 e. The van der Waals surface area contributed by atoms with Crippen LogP contribution in [0.1, 0.15) is 33.6 Å². The average Bonchev–Trinajstić information content (AvgIpc) is 2.70. The molecular weight excluding hydrogens is 428 g/mol. The standard InChI is InChI=1S/C20H36N2O6S2/c1-20(2,3)30(26)21-14-7-5-4-6-13(12-22-8-10-27-11-9-22)29-19-17(25)15(23)16(24)18(14)28-19/h4-5,13-19,21,23-25H,6-12H2,1-3H3/b5-4-/t13-,14+,15-,16+,17+,18+,19+,30?/m0/s1. The van der Waals surface area contributed by atoms with Gasteiger partial charge in [-0.05, 0) is 33.6 Å². The lowest BCUT2D eigenvalue weighted by molar-refractivity contribution is -0.203. The number of nitrogens with one attached hydrogen (secondary N) is 1. The van der Waals surface area contributed by atoms with E-state index in [9.17, 15) is 19.9 Å². The van der Waals surface area contributed by atoms with Crippen LogP contribution in [0.4, 0.5) is 0 Å². The van der Waals surface area contributed by atoms with Crippen LogP contribution in [-0.4, -0.2) is 104 Å². The van der Waals surface area contributed by atoms with Crippen molar-refractivity contribution in [3.8, 4) is 0 Å². The first-order valence-corrected chi connectivity index (χ1v) is 12.7. The Labute approximate surface area is 186 Å². The molecule has 0 aliphatic carbocycles. The highest BCUT2D eigenvalue weighted by atomic mass is 32.2. The summed E-state index contributed by atoms with van der Waals surface area (Å²) in [4.78, 5) is 2.34. The summed E-state index contributed by atoms with van der Waals surface area (Å²) in [6.45, 7) is 9.66. The molecule has 2 bridgehead atoms. The maximum absolute atomic E-state index is 12.7. The molecule has 0 spiro atoms. The van der Waals surface area contributed by atoms with Crippen molar-refractivity contribution in [2.45, 2.75) is 79.5 Å². The van der Waals surface area contributed by atoms with Crippen molar-refractivity contribution in [1.82, 2.24) is 9.62 Å². The molecule has 0 aromatic carbocycles. The summed E-state index contributed by atoms with van der Waals surface area (Å²) in [6, 6.07) is -0.447. The van der Waals surface area contributed by atoms with Crippen molar-refractivity contribution in [3.05, 3.63) is 12.2 Å². The van der Waals surface area contributed by atoms with Crippen LogP contribution >= 0.6 is 11.8 Å². The minimum absolute atomic E-state index is 0.176. The van der Waals surface area contributed by atoms with Crippen molar-refractivity contribution in [2.24, 2.45) is 0 Å². The number of nitrogens with zero attached hydrogens (tertiary/aromatic N) is 1. The number of rotatable bonds is 4. The van der Waals surface area contributed by atoms with E-state index in [1.807, 2.05) is 26.8 Å². The molecule has 3 rings (SSSR count). The number of ether oxygens (including phenoxy) is 2. The molecule has 0 saturated carbocycles. The van der Waals surface area contributed by atoms with E-state index in [1.165, 1.54) is 11.8 Å². The molecule has 1 unspecified atom stereocenters. The van der Waals surface area contributed by atoms with Gasteiger partial charge in [-0.1, -0.05) is 12.2 Å². The Morgan fingerprint density at radius 2 is 1.77 bits per heavy atom. The number of hydrogen-bond donors (Lipinski definition) is 4.